The third kappa shape index (κ3) is 13.7. The summed E-state index contributed by atoms with van der Waals surface area (Å²) in [6.45, 7) is 0. The van der Waals surface area contributed by atoms with Crippen LogP contribution in [0.4, 0.5) is 34.1 Å². The van der Waals surface area contributed by atoms with Crippen molar-refractivity contribution in [2.45, 2.75) is 0 Å². The zero-order chi connectivity index (χ0) is 87.8. The number of para-hydroxylation sites is 8. The maximum Gasteiger partial charge on any atom is 0.0561 e. The second kappa shape index (κ2) is 32.8. The van der Waals surface area contributed by atoms with Crippen LogP contribution in [0.2, 0.25) is 0 Å². The Kier molecular flexibility index (Phi) is 19.1. The van der Waals surface area contributed by atoms with Crippen LogP contribution in [0.3, 0.4) is 0 Å². The van der Waals surface area contributed by atoms with Gasteiger partial charge in [0.05, 0.1) is 55.2 Å². The van der Waals surface area contributed by atoms with E-state index in [0.717, 1.165) is 79.2 Å². The predicted octanol–water partition coefficient (Wildman–Crippen LogP) is 34.1. The van der Waals surface area contributed by atoms with E-state index in [0.29, 0.717) is 0 Å². The van der Waals surface area contributed by atoms with E-state index >= 15 is 0 Å². The number of rotatable bonds is 16. The third-order valence-corrected chi connectivity index (χ3v) is 26.8. The topological polar surface area (TPSA) is 31.1 Å². The molecule has 0 bridgehead atoms. The highest BCUT2D eigenvalue weighted by Crippen LogP contribution is 2.46. The molecule has 0 atom stereocenters. The van der Waals surface area contributed by atoms with Crippen molar-refractivity contribution in [1.82, 2.24) is 22.8 Å². The molecule has 5 heterocycles. The standard InChI is InChI=1S/C66H47N3.C60H38N4/c1-5-15-48(16-6-1)51-25-35-57(36-26-51)67(58-37-27-52(28-38-58)49-17-7-2-8-18-49)59-39-31-54(32-40-59)55-33-43-61(44-34-55)68(60-41-29-53(30-42-60)50-19-9-3-10-20-50)62-45-46-64-63-23-13-14-24-65(63)69(66(64)47-62)56-21-11-4-12-22-56;1-9-21-55-45(13-1)46-14-2-10-22-56(46)63(55)43-33-35-51-49-17-5-7-19-53(49)61(59(51)37-43)41-29-25-39(26-30-41)40-27-31-42(32-28-40)62-54-20-8-6-18-50(54)52-36-34-44(38-60(52)62)64-57-23-11-3-15-47(57)48-16-4-12-24-58(48)64/h1-47H;1-38H. The Balaban J connectivity index is 0.000000143. The Labute approximate surface area is 770 Å². The molecule has 133 heavy (non-hydrogen) atoms. The van der Waals surface area contributed by atoms with E-state index < -0.39 is 0 Å². The summed E-state index contributed by atoms with van der Waals surface area (Å²) >= 11 is 0. The van der Waals surface area contributed by atoms with Gasteiger partial charge in [0.25, 0.3) is 0 Å². The van der Waals surface area contributed by atoms with Crippen LogP contribution in [0.1, 0.15) is 0 Å². The molecule has 26 aromatic rings. The van der Waals surface area contributed by atoms with Gasteiger partial charge in [0.15, 0.2) is 0 Å². The summed E-state index contributed by atoms with van der Waals surface area (Å²) in [6, 6.07) is 187. The summed E-state index contributed by atoms with van der Waals surface area (Å²) in [5, 5.41) is 12.5. The van der Waals surface area contributed by atoms with Crippen molar-refractivity contribution in [1.29, 1.82) is 0 Å². The molecule has 0 aliphatic carbocycles. The van der Waals surface area contributed by atoms with E-state index in [1.54, 1.807) is 0 Å². The van der Waals surface area contributed by atoms with Crippen LogP contribution >= 0.6 is 0 Å². The molecule has 0 spiro atoms. The van der Waals surface area contributed by atoms with Gasteiger partial charge in [-0.15, -0.1) is 0 Å². The average molecular weight is 1700 g/mol. The molecule has 5 aromatic heterocycles. The minimum atomic E-state index is 1.08. The third-order valence-electron chi connectivity index (χ3n) is 26.8. The molecular formula is C126H85N7. The van der Waals surface area contributed by atoms with Crippen LogP contribution in [0.5, 0.6) is 0 Å². The lowest BCUT2D eigenvalue weighted by Crippen LogP contribution is -2.10. The number of hydrogen-bond donors (Lipinski definition) is 0. The summed E-state index contributed by atoms with van der Waals surface area (Å²) < 4.78 is 12.0. The van der Waals surface area contributed by atoms with Gasteiger partial charge in [-0.3, -0.25) is 0 Å². The molecule has 26 rings (SSSR count). The van der Waals surface area contributed by atoms with Gasteiger partial charge in [0.1, 0.15) is 0 Å². The van der Waals surface area contributed by atoms with Crippen molar-refractivity contribution in [2.24, 2.45) is 0 Å². The lowest BCUT2D eigenvalue weighted by atomic mass is 10.0. The van der Waals surface area contributed by atoms with Crippen LogP contribution in [0.15, 0.2) is 516 Å². The Morgan fingerprint density at radius 2 is 0.271 bits per heavy atom. The fourth-order valence-corrected chi connectivity index (χ4v) is 20.5. The maximum absolute atomic E-state index is 2.42. The molecule has 0 fully saturated rings. The van der Waals surface area contributed by atoms with E-state index in [2.05, 4.69) is 548 Å². The van der Waals surface area contributed by atoms with Crippen molar-refractivity contribution in [3.8, 4) is 84.1 Å². The molecule has 0 saturated carbocycles. The van der Waals surface area contributed by atoms with Gasteiger partial charge in [-0.25, -0.2) is 0 Å². The zero-order valence-corrected chi connectivity index (χ0v) is 72.7. The molecule has 0 aliphatic heterocycles. The van der Waals surface area contributed by atoms with Gasteiger partial charge in [0.2, 0.25) is 0 Å². The lowest BCUT2D eigenvalue weighted by Gasteiger charge is -2.27. The molecule has 7 heteroatoms. The molecule has 0 radical (unpaired) electrons. The summed E-state index contributed by atoms with van der Waals surface area (Å²) in [5.41, 5.74) is 36.0. The number of benzene rings is 21. The van der Waals surface area contributed by atoms with Gasteiger partial charge < -0.3 is 32.6 Å². The van der Waals surface area contributed by atoms with Crippen LogP contribution in [0, 0.1) is 0 Å². The summed E-state index contributed by atoms with van der Waals surface area (Å²) in [5.74, 6) is 0. The first-order chi connectivity index (χ1) is 66.0. The molecule has 624 valence electrons. The lowest BCUT2D eigenvalue weighted by molar-refractivity contribution is 1.15. The minimum absolute atomic E-state index is 1.08. The first-order valence-electron chi connectivity index (χ1n) is 45.6. The van der Waals surface area contributed by atoms with E-state index in [4.69, 9.17) is 0 Å². The fraction of sp³-hybridized carbons (Fsp3) is 0. The monoisotopic (exact) mass is 1700 g/mol. The van der Waals surface area contributed by atoms with Gasteiger partial charge >= 0.3 is 0 Å². The highest BCUT2D eigenvalue weighted by Gasteiger charge is 2.24. The van der Waals surface area contributed by atoms with Gasteiger partial charge in [0, 0.05) is 116 Å². The first kappa shape index (κ1) is 77.6. The van der Waals surface area contributed by atoms with Crippen molar-refractivity contribution >= 4 is 143 Å². The Morgan fingerprint density at radius 3 is 0.534 bits per heavy atom. The Morgan fingerprint density at radius 1 is 0.105 bits per heavy atom. The Bertz CT molecular complexity index is 8400. The van der Waals surface area contributed by atoms with Crippen LogP contribution < -0.4 is 9.80 Å². The number of nitrogens with zero attached hydrogens (tertiary/aromatic N) is 7. The van der Waals surface area contributed by atoms with Crippen molar-refractivity contribution in [3.05, 3.63) is 516 Å². The van der Waals surface area contributed by atoms with Crippen LogP contribution in [-0.4, -0.2) is 22.8 Å². The molecular weight excluding hydrogens is 1610 g/mol. The highest BCUT2D eigenvalue weighted by molar-refractivity contribution is 6.15. The second-order valence-electron chi connectivity index (χ2n) is 34.3. The predicted molar refractivity (Wildman–Crippen MR) is 561 cm³/mol. The largest absolute Gasteiger partial charge is 0.311 e. The molecule has 0 unspecified atom stereocenters. The molecule has 21 aromatic carbocycles. The zero-order valence-electron chi connectivity index (χ0n) is 72.7. The minimum Gasteiger partial charge on any atom is -0.311 e. The van der Waals surface area contributed by atoms with Crippen molar-refractivity contribution in [3.63, 3.8) is 0 Å². The van der Waals surface area contributed by atoms with Crippen molar-refractivity contribution in [2.75, 3.05) is 9.80 Å². The van der Waals surface area contributed by atoms with Crippen molar-refractivity contribution < 1.29 is 0 Å². The SMILES string of the molecule is c1ccc(-c2ccc(N(c3ccc(-c4ccccc4)cc3)c3ccc(-c4ccc(N(c5ccc(-c6ccccc6)cc5)c5ccc6c7ccccc7n(-c7ccccc7)c6c5)cc4)cc3)cc2)cc1.c1ccc2c(c1)c1ccccc1n2-c1ccc2c3ccccc3n(-c3ccc(-c4ccc(-n5c6ccccc6c6ccc(-n7c8ccccc8c8ccccc87)cc65)cc4)cc3)c2c1. The molecule has 0 amide bonds. The maximum atomic E-state index is 2.42. The summed E-state index contributed by atoms with van der Waals surface area (Å²) in [7, 11) is 0. The van der Waals surface area contributed by atoms with Gasteiger partial charge in [-0.2, -0.15) is 0 Å². The van der Waals surface area contributed by atoms with Gasteiger partial charge in [-0.1, -0.05) is 340 Å². The van der Waals surface area contributed by atoms with Crippen LogP contribution in [-0.2, 0) is 0 Å². The molecule has 0 aliphatic rings. The Hall–Kier alpha value is -17.8. The molecule has 7 nitrogen and oxygen atoms in total. The normalized spacial score (nSPS) is 11.6. The first-order valence-corrected chi connectivity index (χ1v) is 45.6. The number of hydrogen-bond acceptors (Lipinski definition) is 2. The number of fused-ring (bicyclic) bond motifs is 15. The highest BCUT2D eigenvalue weighted by atomic mass is 15.2. The summed E-state index contributed by atoms with van der Waals surface area (Å²) in [4.78, 5) is 4.71. The summed E-state index contributed by atoms with van der Waals surface area (Å²) in [6.07, 6.45) is 0. The van der Waals surface area contributed by atoms with E-state index in [1.165, 1.54) is 148 Å². The van der Waals surface area contributed by atoms with Gasteiger partial charge in [-0.05, 0) is 232 Å². The van der Waals surface area contributed by atoms with Crippen LogP contribution in [0.25, 0.3) is 193 Å². The second-order valence-corrected chi connectivity index (χ2v) is 34.3. The fourth-order valence-electron chi connectivity index (χ4n) is 20.5. The number of anilines is 6. The molecule has 0 saturated heterocycles. The average Bonchev–Trinajstić information content (AvgIpc) is 1.58. The quantitative estimate of drug-likeness (QED) is 0.0965. The smallest absolute Gasteiger partial charge is 0.0561 e. The molecule has 0 N–H and O–H groups in total. The van der Waals surface area contributed by atoms with E-state index in [9.17, 15) is 0 Å². The number of aromatic nitrogens is 5. The van der Waals surface area contributed by atoms with E-state index in [-0.39, 0.29) is 0 Å². The van der Waals surface area contributed by atoms with E-state index in [1.807, 2.05) is 0 Å².